The van der Waals surface area contributed by atoms with Crippen molar-refractivity contribution in [2.75, 3.05) is 6.61 Å². The average molecular weight is 330 g/mol. The number of carbonyl (C=O) groups excluding carboxylic acids is 2. The fraction of sp³-hybridized carbons (Fsp3) is 0.700. The van der Waals surface area contributed by atoms with Gasteiger partial charge in [-0.3, -0.25) is 9.59 Å². The van der Waals surface area contributed by atoms with Crippen LogP contribution >= 0.6 is 0 Å². The molecule has 5 aliphatic rings. The molecule has 0 aromatic rings. The van der Waals surface area contributed by atoms with Crippen molar-refractivity contribution in [3.8, 4) is 0 Å². The Morgan fingerprint density at radius 3 is 2.54 bits per heavy atom. The lowest BCUT2D eigenvalue weighted by Gasteiger charge is -2.61. The molecular formula is C20H26O4. The van der Waals surface area contributed by atoms with E-state index in [1.807, 2.05) is 13.8 Å². The van der Waals surface area contributed by atoms with Crippen LogP contribution in [0, 0.1) is 22.7 Å². The second-order valence-electron chi connectivity index (χ2n) is 8.95. The average Bonchev–Trinajstić information content (AvgIpc) is 2.51. The van der Waals surface area contributed by atoms with Gasteiger partial charge in [0.1, 0.15) is 5.76 Å². The van der Waals surface area contributed by atoms with Gasteiger partial charge in [0.05, 0.1) is 12.7 Å². The maximum absolute atomic E-state index is 13.1. The van der Waals surface area contributed by atoms with Crippen LogP contribution in [0.2, 0.25) is 0 Å². The quantitative estimate of drug-likeness (QED) is 0.590. The number of fused-ring (bicyclic) bond motifs is 1. The third-order valence-electron chi connectivity index (χ3n) is 6.90. The summed E-state index contributed by atoms with van der Waals surface area (Å²) in [6.07, 6.45) is 3.61. The van der Waals surface area contributed by atoms with Crippen molar-refractivity contribution < 1.29 is 19.4 Å². The Hall–Kier alpha value is -1.42. The third kappa shape index (κ3) is 1.78. The molecule has 130 valence electrons. The van der Waals surface area contributed by atoms with Crippen molar-refractivity contribution in [1.29, 1.82) is 0 Å². The molecule has 1 spiro atoms. The molecule has 2 fully saturated rings. The van der Waals surface area contributed by atoms with Crippen LogP contribution in [0.3, 0.4) is 0 Å². The molecule has 4 heteroatoms. The number of aliphatic hydroxyl groups excluding tert-OH is 1. The first-order valence-corrected chi connectivity index (χ1v) is 9.09. The van der Waals surface area contributed by atoms with Gasteiger partial charge in [0.15, 0.2) is 0 Å². The number of ketones is 2. The number of Topliss-reactive ketones (excluding diaryl/α,β-unsaturated/α-hetero) is 2. The number of hydrogen-bond donors (Lipinski definition) is 1. The molecule has 3 aliphatic carbocycles. The predicted octanol–water partition coefficient (Wildman–Crippen LogP) is 3.52. The highest BCUT2D eigenvalue weighted by Crippen LogP contribution is 2.64. The molecule has 2 heterocycles. The van der Waals surface area contributed by atoms with Crippen LogP contribution in [0.5, 0.6) is 0 Å². The minimum Gasteiger partial charge on any atom is -0.507 e. The highest BCUT2D eigenvalue weighted by molar-refractivity contribution is 6.50. The van der Waals surface area contributed by atoms with Crippen molar-refractivity contribution in [2.45, 2.75) is 59.5 Å². The summed E-state index contributed by atoms with van der Waals surface area (Å²) < 4.78 is 6.07. The van der Waals surface area contributed by atoms with Crippen LogP contribution in [-0.4, -0.2) is 29.4 Å². The molecular weight excluding hydrogens is 304 g/mol. The minimum absolute atomic E-state index is 0.0236. The fourth-order valence-electron chi connectivity index (χ4n) is 5.85. The Kier molecular flexibility index (Phi) is 3.22. The van der Waals surface area contributed by atoms with Gasteiger partial charge in [0.25, 0.3) is 0 Å². The summed E-state index contributed by atoms with van der Waals surface area (Å²) in [6, 6.07) is 0. The maximum Gasteiger partial charge on any atom is 0.233 e. The van der Waals surface area contributed by atoms with Gasteiger partial charge in [-0.05, 0) is 36.5 Å². The Labute approximate surface area is 143 Å². The molecule has 0 aromatic carbocycles. The highest BCUT2D eigenvalue weighted by atomic mass is 16.5. The summed E-state index contributed by atoms with van der Waals surface area (Å²) in [5, 5.41) is 10.8. The summed E-state index contributed by atoms with van der Waals surface area (Å²) in [5.74, 6) is -0.712. The van der Waals surface area contributed by atoms with E-state index in [0.29, 0.717) is 23.7 Å². The largest absolute Gasteiger partial charge is 0.507 e. The van der Waals surface area contributed by atoms with E-state index in [-0.39, 0.29) is 34.6 Å². The van der Waals surface area contributed by atoms with Gasteiger partial charge in [0, 0.05) is 22.1 Å². The third-order valence-corrected chi connectivity index (χ3v) is 6.90. The van der Waals surface area contributed by atoms with E-state index in [9.17, 15) is 14.7 Å². The van der Waals surface area contributed by atoms with E-state index in [1.165, 1.54) is 0 Å². The molecule has 4 nitrogen and oxygen atoms in total. The number of hydrogen-bond acceptors (Lipinski definition) is 4. The molecule has 2 aliphatic heterocycles. The SMILES string of the molecule is CC(C)C1=C(O)C2=C(C(=O)C1=O)C13CCCC(C)(C)C1CC2OC3. The maximum atomic E-state index is 13.1. The van der Waals surface area contributed by atoms with Crippen molar-refractivity contribution in [1.82, 2.24) is 0 Å². The molecule has 2 bridgehead atoms. The summed E-state index contributed by atoms with van der Waals surface area (Å²) >= 11 is 0. The van der Waals surface area contributed by atoms with Crippen LogP contribution in [0.4, 0.5) is 0 Å². The molecule has 1 N–H and O–H groups in total. The Morgan fingerprint density at radius 2 is 1.88 bits per heavy atom. The van der Waals surface area contributed by atoms with Gasteiger partial charge < -0.3 is 9.84 Å². The van der Waals surface area contributed by atoms with E-state index in [0.717, 1.165) is 25.7 Å². The second kappa shape index (κ2) is 4.81. The first kappa shape index (κ1) is 16.1. The van der Waals surface area contributed by atoms with Crippen LogP contribution in [0.1, 0.15) is 53.4 Å². The van der Waals surface area contributed by atoms with Crippen LogP contribution in [0.25, 0.3) is 0 Å². The number of rotatable bonds is 1. The molecule has 24 heavy (non-hydrogen) atoms. The van der Waals surface area contributed by atoms with Gasteiger partial charge in [-0.1, -0.05) is 34.1 Å². The zero-order valence-electron chi connectivity index (χ0n) is 14.9. The normalized spacial score (nSPS) is 37.9. The number of carbonyl (C=O) groups is 2. The Morgan fingerprint density at radius 1 is 1.17 bits per heavy atom. The van der Waals surface area contributed by atoms with E-state index in [2.05, 4.69) is 13.8 Å². The fourth-order valence-corrected chi connectivity index (χ4v) is 5.85. The lowest BCUT2D eigenvalue weighted by atomic mass is 9.46. The summed E-state index contributed by atoms with van der Waals surface area (Å²) in [6.45, 7) is 8.73. The van der Waals surface area contributed by atoms with E-state index in [4.69, 9.17) is 4.74 Å². The van der Waals surface area contributed by atoms with Crippen LogP contribution < -0.4 is 0 Å². The number of aliphatic hydroxyl groups is 1. The van der Waals surface area contributed by atoms with E-state index >= 15 is 0 Å². The summed E-state index contributed by atoms with van der Waals surface area (Å²) in [5.41, 5.74) is 1.21. The second-order valence-corrected chi connectivity index (χ2v) is 8.95. The summed E-state index contributed by atoms with van der Waals surface area (Å²) in [7, 11) is 0. The minimum atomic E-state index is -0.509. The van der Waals surface area contributed by atoms with Gasteiger partial charge in [-0.2, -0.15) is 0 Å². The smallest absolute Gasteiger partial charge is 0.233 e. The number of allylic oxidation sites excluding steroid dienone is 1. The van der Waals surface area contributed by atoms with Crippen molar-refractivity contribution in [2.24, 2.45) is 22.7 Å². The standard InChI is InChI=1S/C20H26O4/c1-10(2)13-16(21)14-11-8-12-19(3,4)6-5-7-20(12,9-24-11)15(14)18(23)17(13)22/h10-12,21H,5-9H2,1-4H3. The molecule has 0 amide bonds. The van der Waals surface area contributed by atoms with Gasteiger partial charge in [-0.15, -0.1) is 0 Å². The molecule has 0 aromatic heterocycles. The van der Waals surface area contributed by atoms with Crippen molar-refractivity contribution in [3.63, 3.8) is 0 Å². The topological polar surface area (TPSA) is 63.6 Å². The molecule has 1 saturated carbocycles. The zero-order valence-corrected chi connectivity index (χ0v) is 14.9. The lowest BCUT2D eigenvalue weighted by Crippen LogP contribution is -2.60. The zero-order chi connectivity index (χ0) is 17.4. The molecule has 1 saturated heterocycles. The van der Waals surface area contributed by atoms with E-state index in [1.54, 1.807) is 0 Å². The number of ether oxygens (including phenoxy) is 1. The summed E-state index contributed by atoms with van der Waals surface area (Å²) in [4.78, 5) is 25.8. The lowest BCUT2D eigenvalue weighted by molar-refractivity contribution is -0.155. The molecule has 5 rings (SSSR count). The monoisotopic (exact) mass is 330 g/mol. The molecule has 3 atom stereocenters. The highest BCUT2D eigenvalue weighted by Gasteiger charge is 2.63. The first-order chi connectivity index (χ1) is 11.2. The Bertz CT molecular complexity index is 709. The first-order valence-electron chi connectivity index (χ1n) is 9.09. The molecule has 0 radical (unpaired) electrons. The predicted molar refractivity (Wildman–Crippen MR) is 89.4 cm³/mol. The van der Waals surface area contributed by atoms with Crippen molar-refractivity contribution >= 4 is 11.6 Å². The van der Waals surface area contributed by atoms with Gasteiger partial charge in [-0.25, -0.2) is 0 Å². The van der Waals surface area contributed by atoms with Crippen molar-refractivity contribution in [3.05, 3.63) is 22.5 Å². The van der Waals surface area contributed by atoms with Crippen LogP contribution in [-0.2, 0) is 14.3 Å². The Balaban J connectivity index is 1.97. The van der Waals surface area contributed by atoms with E-state index < -0.39 is 11.2 Å². The van der Waals surface area contributed by atoms with Gasteiger partial charge >= 0.3 is 0 Å². The molecule has 3 unspecified atom stereocenters. The van der Waals surface area contributed by atoms with Crippen LogP contribution in [0.15, 0.2) is 22.5 Å². The van der Waals surface area contributed by atoms with Gasteiger partial charge in [0.2, 0.25) is 11.6 Å².